The highest BCUT2D eigenvalue weighted by molar-refractivity contribution is 5.31. The molecule has 0 bridgehead atoms. The molecule has 1 aliphatic rings. The molecule has 2 heterocycles. The summed E-state index contributed by atoms with van der Waals surface area (Å²) < 4.78 is 10.3. The van der Waals surface area contributed by atoms with Crippen LogP contribution < -0.4 is 10.2 Å². The largest absolute Gasteiger partial charge is 0.490 e. The van der Waals surface area contributed by atoms with Gasteiger partial charge in [0.05, 0.1) is 19.8 Å². The number of methoxy groups -OCH3 is 1. The number of fused-ring (bicyclic) bond motifs is 1. The van der Waals surface area contributed by atoms with Crippen LogP contribution >= 0.6 is 0 Å². The summed E-state index contributed by atoms with van der Waals surface area (Å²) in [7, 11) is 1.43. The first-order valence-electron chi connectivity index (χ1n) is 6.81. The first-order valence-corrected chi connectivity index (χ1v) is 6.81. The minimum absolute atomic E-state index is 0.197. The second-order valence-corrected chi connectivity index (χ2v) is 5.16. The van der Waals surface area contributed by atoms with Gasteiger partial charge in [-0.2, -0.15) is 0 Å². The highest BCUT2D eigenvalue weighted by Crippen LogP contribution is 2.27. The fourth-order valence-electron chi connectivity index (χ4n) is 2.66. The van der Waals surface area contributed by atoms with Crippen LogP contribution in [-0.2, 0) is 13.1 Å². The fourth-order valence-corrected chi connectivity index (χ4v) is 2.66. The van der Waals surface area contributed by atoms with Crippen LogP contribution in [0, 0.1) is 0 Å². The molecule has 1 aromatic carbocycles. The van der Waals surface area contributed by atoms with E-state index in [1.807, 2.05) is 24.3 Å². The highest BCUT2D eigenvalue weighted by atomic mass is 16.5. The van der Waals surface area contributed by atoms with Gasteiger partial charge in [0, 0.05) is 19.2 Å². The Balaban J connectivity index is 1.78. The molecule has 0 unspecified atom stereocenters. The summed E-state index contributed by atoms with van der Waals surface area (Å²) in [6, 6.07) is 9.29. The van der Waals surface area contributed by atoms with Crippen molar-refractivity contribution >= 4 is 0 Å². The van der Waals surface area contributed by atoms with Crippen LogP contribution in [0.15, 0.2) is 45.8 Å². The molecule has 0 saturated carbocycles. The molecule has 1 atom stereocenters. The summed E-state index contributed by atoms with van der Waals surface area (Å²) in [5, 5.41) is 10.2. The average Bonchev–Trinajstić information content (AvgIpc) is 2.47. The van der Waals surface area contributed by atoms with Crippen LogP contribution in [-0.4, -0.2) is 23.7 Å². The standard InChI is InChI=1S/C16H17NO4/c1-20-16-10-21-12(6-14(16)18)8-17-7-11-4-2-3-5-13(11)15(19)9-17/h2-6,10,15,19H,7-9H2,1H3/t15-/m0/s1. The molecule has 5 heteroatoms. The van der Waals surface area contributed by atoms with Crippen LogP contribution in [0.1, 0.15) is 23.0 Å². The van der Waals surface area contributed by atoms with Crippen LogP contribution in [0.5, 0.6) is 5.75 Å². The Morgan fingerprint density at radius 3 is 3.00 bits per heavy atom. The van der Waals surface area contributed by atoms with Gasteiger partial charge in [0.25, 0.3) is 0 Å². The van der Waals surface area contributed by atoms with Gasteiger partial charge in [-0.15, -0.1) is 0 Å². The SMILES string of the molecule is COc1coc(CN2Cc3ccccc3[C@@H](O)C2)cc1=O. The Morgan fingerprint density at radius 2 is 2.24 bits per heavy atom. The van der Waals surface area contributed by atoms with Gasteiger partial charge in [-0.25, -0.2) is 0 Å². The molecular weight excluding hydrogens is 270 g/mol. The third-order valence-electron chi connectivity index (χ3n) is 3.69. The number of aliphatic hydroxyl groups excluding tert-OH is 1. The molecule has 5 nitrogen and oxygen atoms in total. The molecule has 21 heavy (non-hydrogen) atoms. The zero-order chi connectivity index (χ0) is 14.8. The predicted molar refractivity (Wildman–Crippen MR) is 77.0 cm³/mol. The van der Waals surface area contributed by atoms with Crippen LogP contribution in [0.25, 0.3) is 0 Å². The van der Waals surface area contributed by atoms with E-state index in [2.05, 4.69) is 4.90 Å². The van der Waals surface area contributed by atoms with E-state index in [0.717, 1.165) is 17.7 Å². The number of aliphatic hydroxyl groups is 1. The van der Waals surface area contributed by atoms with Gasteiger partial charge >= 0.3 is 0 Å². The van der Waals surface area contributed by atoms with Crippen molar-refractivity contribution in [2.24, 2.45) is 0 Å². The first kappa shape index (κ1) is 13.9. The summed E-state index contributed by atoms with van der Waals surface area (Å²) in [5.41, 5.74) is 1.88. The molecule has 3 rings (SSSR count). The van der Waals surface area contributed by atoms with E-state index in [0.29, 0.717) is 18.8 Å². The normalized spacial score (nSPS) is 18.3. The third-order valence-corrected chi connectivity index (χ3v) is 3.69. The van der Waals surface area contributed by atoms with Gasteiger partial charge in [0.1, 0.15) is 12.0 Å². The summed E-state index contributed by atoms with van der Waals surface area (Å²) >= 11 is 0. The number of ether oxygens (including phenoxy) is 1. The fraction of sp³-hybridized carbons (Fsp3) is 0.312. The van der Waals surface area contributed by atoms with Crippen molar-refractivity contribution in [2.75, 3.05) is 13.7 Å². The van der Waals surface area contributed by atoms with E-state index in [1.165, 1.54) is 19.4 Å². The summed E-state index contributed by atoms with van der Waals surface area (Å²) in [6.07, 6.45) is 0.811. The minimum Gasteiger partial charge on any atom is -0.490 e. The van der Waals surface area contributed by atoms with Gasteiger partial charge in [0.15, 0.2) is 0 Å². The molecule has 2 aromatic rings. The Bertz CT molecular complexity index is 695. The molecule has 1 aromatic heterocycles. The lowest BCUT2D eigenvalue weighted by atomic mass is 9.97. The summed E-state index contributed by atoms with van der Waals surface area (Å²) in [4.78, 5) is 13.8. The van der Waals surface area contributed by atoms with Crippen molar-refractivity contribution in [3.05, 3.63) is 63.7 Å². The van der Waals surface area contributed by atoms with Crippen molar-refractivity contribution < 1.29 is 14.3 Å². The third kappa shape index (κ3) is 2.84. The van der Waals surface area contributed by atoms with Crippen molar-refractivity contribution in [3.8, 4) is 5.75 Å². The average molecular weight is 287 g/mol. The minimum atomic E-state index is -0.514. The van der Waals surface area contributed by atoms with E-state index in [-0.39, 0.29) is 11.2 Å². The molecule has 1 aliphatic heterocycles. The van der Waals surface area contributed by atoms with Crippen LogP contribution in [0.3, 0.4) is 0 Å². The molecule has 1 N–H and O–H groups in total. The number of hydrogen-bond acceptors (Lipinski definition) is 5. The van der Waals surface area contributed by atoms with E-state index in [1.54, 1.807) is 0 Å². The van der Waals surface area contributed by atoms with E-state index >= 15 is 0 Å². The molecule has 0 spiro atoms. The highest BCUT2D eigenvalue weighted by Gasteiger charge is 2.23. The molecular formula is C16H17NO4. The summed E-state index contributed by atoms with van der Waals surface area (Å²) in [6.45, 7) is 1.72. The lowest BCUT2D eigenvalue weighted by Crippen LogP contribution is -2.33. The quantitative estimate of drug-likeness (QED) is 0.931. The summed E-state index contributed by atoms with van der Waals surface area (Å²) in [5.74, 6) is 0.759. The van der Waals surface area contributed by atoms with Crippen LogP contribution in [0.4, 0.5) is 0 Å². The molecule has 0 radical (unpaired) electrons. The number of β-amino-alcohol motifs (C(OH)–C–C–N with tert-alkyl or cyclic N) is 1. The smallest absolute Gasteiger partial charge is 0.227 e. The zero-order valence-corrected chi connectivity index (χ0v) is 11.8. The topological polar surface area (TPSA) is 62.9 Å². The van der Waals surface area contributed by atoms with Crippen molar-refractivity contribution in [1.29, 1.82) is 0 Å². The number of nitrogens with zero attached hydrogens (tertiary/aromatic N) is 1. The van der Waals surface area contributed by atoms with Gasteiger partial charge in [0.2, 0.25) is 11.2 Å². The second-order valence-electron chi connectivity index (χ2n) is 5.16. The zero-order valence-electron chi connectivity index (χ0n) is 11.8. The Hall–Kier alpha value is -2.11. The van der Waals surface area contributed by atoms with Crippen LogP contribution in [0.2, 0.25) is 0 Å². The Kier molecular flexibility index (Phi) is 3.77. The van der Waals surface area contributed by atoms with Gasteiger partial charge < -0.3 is 14.3 Å². The monoisotopic (exact) mass is 287 g/mol. The van der Waals surface area contributed by atoms with Crippen molar-refractivity contribution in [2.45, 2.75) is 19.2 Å². The Labute approximate surface area is 122 Å². The molecule has 0 aliphatic carbocycles. The van der Waals surface area contributed by atoms with E-state index < -0.39 is 6.10 Å². The lowest BCUT2D eigenvalue weighted by molar-refractivity contribution is 0.0836. The number of benzene rings is 1. The Morgan fingerprint density at radius 1 is 1.43 bits per heavy atom. The molecule has 110 valence electrons. The molecule has 0 saturated heterocycles. The van der Waals surface area contributed by atoms with Gasteiger partial charge in [-0.3, -0.25) is 9.69 Å². The first-order chi connectivity index (χ1) is 10.2. The van der Waals surface area contributed by atoms with E-state index in [4.69, 9.17) is 9.15 Å². The number of hydrogen-bond donors (Lipinski definition) is 1. The maximum absolute atomic E-state index is 11.7. The number of rotatable bonds is 3. The molecule has 0 amide bonds. The van der Waals surface area contributed by atoms with Crippen molar-refractivity contribution in [1.82, 2.24) is 4.90 Å². The predicted octanol–water partition coefficient (Wildman–Crippen LogP) is 1.70. The van der Waals surface area contributed by atoms with Gasteiger partial charge in [-0.05, 0) is 11.1 Å². The maximum atomic E-state index is 11.7. The maximum Gasteiger partial charge on any atom is 0.227 e. The molecule has 0 fully saturated rings. The van der Waals surface area contributed by atoms with Gasteiger partial charge in [-0.1, -0.05) is 24.3 Å². The van der Waals surface area contributed by atoms with Crippen molar-refractivity contribution in [3.63, 3.8) is 0 Å². The lowest BCUT2D eigenvalue weighted by Gasteiger charge is -2.31. The van der Waals surface area contributed by atoms with E-state index in [9.17, 15) is 9.90 Å². The second kappa shape index (κ2) is 5.71.